The average Bonchev–Trinajstić information content (AvgIpc) is 3.24. The number of benzene rings is 3. The summed E-state index contributed by atoms with van der Waals surface area (Å²) in [6, 6.07) is 19.8. The molecule has 11 heteroatoms. The molecule has 0 bridgehead atoms. The van der Waals surface area contributed by atoms with Gasteiger partial charge in [0.1, 0.15) is 0 Å². The molecule has 36 heavy (non-hydrogen) atoms. The summed E-state index contributed by atoms with van der Waals surface area (Å²) in [4.78, 5) is 25.3. The number of nitrogens with zero attached hydrogens (tertiary/aromatic N) is 3. The minimum absolute atomic E-state index is 0.0941. The Morgan fingerprint density at radius 3 is 2.53 bits per heavy atom. The number of halogens is 3. The number of carbonyl (C=O) groups is 2. The Balaban J connectivity index is 1.51. The number of rotatable bonds is 8. The normalized spacial score (nSPS) is 10.8. The predicted molar refractivity (Wildman–Crippen MR) is 147 cm³/mol. The third-order valence-electron chi connectivity index (χ3n) is 5.00. The molecule has 2 N–H and O–H groups in total. The first kappa shape index (κ1) is 26.2. The van der Waals surface area contributed by atoms with E-state index >= 15 is 0 Å². The van der Waals surface area contributed by atoms with E-state index in [9.17, 15) is 9.59 Å². The lowest BCUT2D eigenvalue weighted by Crippen LogP contribution is -2.25. The van der Waals surface area contributed by atoms with E-state index in [4.69, 9.17) is 23.2 Å². The number of aromatic nitrogens is 3. The van der Waals surface area contributed by atoms with Crippen molar-refractivity contribution in [2.75, 3.05) is 11.1 Å². The third kappa shape index (κ3) is 6.67. The zero-order chi connectivity index (χ0) is 25.7. The molecule has 3 aromatic carbocycles. The molecule has 1 heterocycles. The van der Waals surface area contributed by atoms with Crippen LogP contribution in [-0.2, 0) is 11.3 Å². The summed E-state index contributed by atoms with van der Waals surface area (Å²) < 4.78 is 2.72. The predicted octanol–water partition coefficient (Wildman–Crippen LogP) is 6.31. The van der Waals surface area contributed by atoms with E-state index in [1.54, 1.807) is 16.7 Å². The molecule has 0 fully saturated rings. The highest BCUT2D eigenvalue weighted by molar-refractivity contribution is 9.10. The van der Waals surface area contributed by atoms with Gasteiger partial charge in [-0.2, -0.15) is 0 Å². The summed E-state index contributed by atoms with van der Waals surface area (Å²) in [6.07, 6.45) is 0. The van der Waals surface area contributed by atoms with Crippen LogP contribution in [0.4, 0.5) is 5.69 Å². The van der Waals surface area contributed by atoms with Crippen LogP contribution in [0.3, 0.4) is 0 Å². The average molecular weight is 605 g/mol. The molecule has 0 saturated carbocycles. The summed E-state index contributed by atoms with van der Waals surface area (Å²) in [5.41, 5.74) is 2.89. The Labute approximate surface area is 230 Å². The van der Waals surface area contributed by atoms with Gasteiger partial charge in [0.25, 0.3) is 5.91 Å². The molecule has 2 amide bonds. The van der Waals surface area contributed by atoms with E-state index in [0.717, 1.165) is 21.4 Å². The zero-order valence-corrected chi connectivity index (χ0v) is 22.9. The molecule has 0 radical (unpaired) electrons. The zero-order valence-electron chi connectivity index (χ0n) is 19.0. The van der Waals surface area contributed by atoms with Gasteiger partial charge in [0.05, 0.1) is 22.9 Å². The van der Waals surface area contributed by atoms with Crippen LogP contribution < -0.4 is 10.6 Å². The van der Waals surface area contributed by atoms with Crippen molar-refractivity contribution in [3.05, 3.63) is 98.2 Å². The van der Waals surface area contributed by atoms with Gasteiger partial charge in [-0.25, -0.2) is 0 Å². The maximum Gasteiger partial charge on any atom is 0.253 e. The fourth-order valence-corrected chi connectivity index (χ4v) is 4.87. The second-order valence-electron chi connectivity index (χ2n) is 7.72. The SMILES string of the molecule is Cc1cccc(NC(=O)CSc2nnc(CNC(=O)c3ccc(Cl)cc3Cl)n2-c2ccc(Br)cc2)c1. The summed E-state index contributed by atoms with van der Waals surface area (Å²) in [5, 5.41) is 15.5. The van der Waals surface area contributed by atoms with Gasteiger partial charge in [-0.05, 0) is 67.1 Å². The summed E-state index contributed by atoms with van der Waals surface area (Å²) >= 11 is 16.8. The van der Waals surface area contributed by atoms with Crippen molar-refractivity contribution in [3.8, 4) is 5.69 Å². The minimum atomic E-state index is -0.367. The summed E-state index contributed by atoms with van der Waals surface area (Å²) in [7, 11) is 0. The number of thioether (sulfide) groups is 1. The van der Waals surface area contributed by atoms with E-state index in [1.165, 1.54) is 17.8 Å². The lowest BCUT2D eigenvalue weighted by molar-refractivity contribution is -0.113. The lowest BCUT2D eigenvalue weighted by atomic mass is 10.2. The molecule has 0 aliphatic rings. The van der Waals surface area contributed by atoms with Crippen LogP contribution in [0.15, 0.2) is 76.4 Å². The second kappa shape index (κ2) is 11.9. The van der Waals surface area contributed by atoms with Gasteiger partial charge in [-0.1, -0.05) is 63.0 Å². The van der Waals surface area contributed by atoms with Gasteiger partial charge < -0.3 is 10.6 Å². The molecule has 4 rings (SSSR count). The monoisotopic (exact) mass is 603 g/mol. The Kier molecular flexibility index (Phi) is 8.68. The van der Waals surface area contributed by atoms with Gasteiger partial charge >= 0.3 is 0 Å². The number of aryl methyl sites for hydroxylation is 1. The number of hydrogen-bond donors (Lipinski definition) is 2. The quantitative estimate of drug-likeness (QED) is 0.230. The Morgan fingerprint density at radius 1 is 1.03 bits per heavy atom. The maximum atomic E-state index is 12.7. The number of carbonyl (C=O) groups excluding carboxylic acids is 2. The van der Waals surface area contributed by atoms with Crippen molar-refractivity contribution >= 4 is 68.4 Å². The van der Waals surface area contributed by atoms with E-state index in [2.05, 4.69) is 36.8 Å². The van der Waals surface area contributed by atoms with E-state index in [-0.39, 0.29) is 29.1 Å². The van der Waals surface area contributed by atoms with Crippen LogP contribution in [0.1, 0.15) is 21.7 Å². The second-order valence-corrected chi connectivity index (χ2v) is 10.4. The molecule has 0 atom stereocenters. The largest absolute Gasteiger partial charge is 0.345 e. The van der Waals surface area contributed by atoms with Crippen molar-refractivity contribution in [1.82, 2.24) is 20.1 Å². The molecule has 0 aliphatic carbocycles. The maximum absolute atomic E-state index is 12.7. The van der Waals surface area contributed by atoms with Crippen LogP contribution in [-0.4, -0.2) is 32.3 Å². The highest BCUT2D eigenvalue weighted by Crippen LogP contribution is 2.25. The van der Waals surface area contributed by atoms with Crippen molar-refractivity contribution < 1.29 is 9.59 Å². The molecule has 0 unspecified atom stereocenters. The van der Waals surface area contributed by atoms with E-state index in [0.29, 0.717) is 21.6 Å². The first-order valence-corrected chi connectivity index (χ1v) is 13.3. The van der Waals surface area contributed by atoms with Gasteiger partial charge in [-0.15, -0.1) is 10.2 Å². The Bertz CT molecular complexity index is 1410. The van der Waals surface area contributed by atoms with Crippen LogP contribution >= 0.6 is 50.9 Å². The van der Waals surface area contributed by atoms with E-state index < -0.39 is 0 Å². The van der Waals surface area contributed by atoms with Crippen molar-refractivity contribution in [1.29, 1.82) is 0 Å². The van der Waals surface area contributed by atoms with Crippen molar-refractivity contribution in [2.45, 2.75) is 18.6 Å². The first-order chi connectivity index (χ1) is 17.3. The standard InChI is InChI=1S/C25H20BrCl2N5O2S/c1-15-3-2-4-18(11-15)30-23(34)14-36-25-32-31-22(33(25)19-8-5-16(26)6-9-19)13-29-24(35)20-10-7-17(27)12-21(20)28/h2-12H,13-14H2,1H3,(H,29,35)(H,30,34). The summed E-state index contributed by atoms with van der Waals surface area (Å²) in [5.74, 6) is 0.101. The minimum Gasteiger partial charge on any atom is -0.345 e. The van der Waals surface area contributed by atoms with Gasteiger partial charge in [0.15, 0.2) is 11.0 Å². The highest BCUT2D eigenvalue weighted by atomic mass is 79.9. The molecule has 7 nitrogen and oxygen atoms in total. The molecule has 4 aromatic rings. The van der Waals surface area contributed by atoms with Crippen LogP contribution in [0.5, 0.6) is 0 Å². The smallest absolute Gasteiger partial charge is 0.253 e. The van der Waals surface area contributed by atoms with Crippen molar-refractivity contribution in [2.24, 2.45) is 0 Å². The number of nitrogens with one attached hydrogen (secondary N) is 2. The van der Waals surface area contributed by atoms with Crippen LogP contribution in [0.2, 0.25) is 10.0 Å². The van der Waals surface area contributed by atoms with Gasteiger partial charge in [0.2, 0.25) is 5.91 Å². The third-order valence-corrected chi connectivity index (χ3v) is 7.01. The fraction of sp³-hybridized carbons (Fsp3) is 0.120. The van der Waals surface area contributed by atoms with E-state index in [1.807, 2.05) is 55.5 Å². The summed E-state index contributed by atoms with van der Waals surface area (Å²) in [6.45, 7) is 2.06. The Hall–Kier alpha value is -2.85. The Morgan fingerprint density at radius 2 is 1.81 bits per heavy atom. The van der Waals surface area contributed by atoms with Gasteiger partial charge in [-0.3, -0.25) is 14.2 Å². The molecular formula is C25H20BrCl2N5O2S. The fourth-order valence-electron chi connectivity index (χ4n) is 3.34. The highest BCUT2D eigenvalue weighted by Gasteiger charge is 2.18. The lowest BCUT2D eigenvalue weighted by Gasteiger charge is -2.12. The van der Waals surface area contributed by atoms with Crippen molar-refractivity contribution in [3.63, 3.8) is 0 Å². The molecule has 0 saturated heterocycles. The first-order valence-electron chi connectivity index (χ1n) is 10.7. The molecule has 1 aromatic heterocycles. The molecule has 0 aliphatic heterocycles. The number of hydrogen-bond acceptors (Lipinski definition) is 5. The number of amides is 2. The molecular weight excluding hydrogens is 585 g/mol. The molecule has 184 valence electrons. The van der Waals surface area contributed by atoms with Crippen LogP contribution in [0.25, 0.3) is 5.69 Å². The number of anilines is 1. The topological polar surface area (TPSA) is 88.9 Å². The molecule has 0 spiro atoms. The van der Waals surface area contributed by atoms with Gasteiger partial charge in [0, 0.05) is 20.9 Å². The van der Waals surface area contributed by atoms with Crippen LogP contribution in [0, 0.1) is 6.92 Å².